The Morgan fingerprint density at radius 2 is 1.82 bits per heavy atom. The molecule has 10 nitrogen and oxygen atoms in total. The van der Waals surface area contributed by atoms with Crippen LogP contribution < -0.4 is 16.0 Å². The summed E-state index contributed by atoms with van der Waals surface area (Å²) in [7, 11) is 1.43. The van der Waals surface area contributed by atoms with E-state index in [1.807, 2.05) is 0 Å². The fourth-order valence-corrected chi connectivity index (χ4v) is 4.17. The minimum atomic E-state index is -1.72. The fraction of sp³-hybridized carbons (Fsp3) is 0.276. The van der Waals surface area contributed by atoms with Crippen molar-refractivity contribution >= 4 is 29.3 Å². The van der Waals surface area contributed by atoms with Gasteiger partial charge >= 0.3 is 11.9 Å². The lowest BCUT2D eigenvalue weighted by molar-refractivity contribution is -0.144. The predicted molar refractivity (Wildman–Crippen MR) is 147 cm³/mol. The Hall–Kier alpha value is -4.46. The first-order chi connectivity index (χ1) is 18.9. The molecular formula is C29H28ClN3O7. The zero-order valence-electron chi connectivity index (χ0n) is 22.1. The Balaban J connectivity index is 1.82. The Morgan fingerprint density at radius 1 is 1.15 bits per heavy atom. The van der Waals surface area contributed by atoms with Crippen molar-refractivity contribution in [3.8, 4) is 22.9 Å². The number of carboxylic acid groups (broad SMARTS) is 1. The number of carbonyl (C=O) groups is 3. The van der Waals surface area contributed by atoms with Crippen LogP contribution in [0.1, 0.15) is 47.8 Å². The van der Waals surface area contributed by atoms with E-state index in [0.717, 1.165) is 0 Å². The molecule has 0 amide bonds. The number of Topliss-reactive ketones (excluding diaryl/α,β-unsaturated/α-hetero) is 1. The Labute approximate surface area is 235 Å². The minimum Gasteiger partial charge on any atom is -0.495 e. The van der Waals surface area contributed by atoms with Crippen LogP contribution in [0.3, 0.4) is 0 Å². The van der Waals surface area contributed by atoms with Crippen molar-refractivity contribution < 1.29 is 29.0 Å². The number of esters is 1. The second-order valence-corrected chi connectivity index (χ2v) is 9.80. The van der Waals surface area contributed by atoms with E-state index < -0.39 is 35.7 Å². The maximum absolute atomic E-state index is 13.3. The fourth-order valence-electron chi connectivity index (χ4n) is 4.00. The van der Waals surface area contributed by atoms with Gasteiger partial charge < -0.3 is 24.9 Å². The van der Waals surface area contributed by atoms with Gasteiger partial charge in [-0.2, -0.15) is 5.26 Å². The van der Waals surface area contributed by atoms with Gasteiger partial charge in [-0.1, -0.05) is 30.7 Å². The van der Waals surface area contributed by atoms with E-state index in [4.69, 9.17) is 31.9 Å². The lowest BCUT2D eigenvalue weighted by Crippen LogP contribution is -2.49. The number of hydrogen-bond acceptors (Lipinski definition) is 8. The number of nitrogens with two attached hydrogens (primary N) is 1. The highest BCUT2D eigenvalue weighted by atomic mass is 35.5. The summed E-state index contributed by atoms with van der Waals surface area (Å²) in [5.74, 6) is -2.00. The summed E-state index contributed by atoms with van der Waals surface area (Å²) in [4.78, 5) is 49.8. The summed E-state index contributed by atoms with van der Waals surface area (Å²) >= 11 is 6.12. The van der Waals surface area contributed by atoms with Crippen LogP contribution in [0.15, 0.2) is 59.5 Å². The Bertz CT molecular complexity index is 1540. The molecule has 1 aromatic heterocycles. The number of hydrogen-bond donors (Lipinski definition) is 2. The molecule has 40 heavy (non-hydrogen) atoms. The predicted octanol–water partition coefficient (Wildman–Crippen LogP) is 3.77. The summed E-state index contributed by atoms with van der Waals surface area (Å²) in [6.07, 6.45) is 1.76. The number of pyridine rings is 1. The third-order valence-corrected chi connectivity index (χ3v) is 6.55. The number of methoxy groups -OCH3 is 1. The molecular weight excluding hydrogens is 538 g/mol. The molecule has 3 aromatic rings. The number of aliphatic carboxylic acids is 1. The van der Waals surface area contributed by atoms with E-state index in [9.17, 15) is 24.4 Å². The molecule has 2 aromatic carbocycles. The average molecular weight is 566 g/mol. The van der Waals surface area contributed by atoms with Gasteiger partial charge in [0.1, 0.15) is 17.9 Å². The van der Waals surface area contributed by atoms with Crippen molar-refractivity contribution in [3.63, 3.8) is 0 Å². The lowest BCUT2D eigenvalue weighted by Gasteiger charge is -2.20. The molecule has 0 spiro atoms. The number of ether oxygens (including phenoxy) is 2. The number of benzene rings is 2. The second kappa shape index (κ2) is 12.6. The molecule has 0 saturated heterocycles. The summed E-state index contributed by atoms with van der Waals surface area (Å²) in [5.41, 5.74) is 5.30. The van der Waals surface area contributed by atoms with Crippen molar-refractivity contribution in [2.45, 2.75) is 38.3 Å². The molecule has 1 heterocycles. The molecule has 3 N–H and O–H groups in total. The van der Waals surface area contributed by atoms with E-state index in [2.05, 4.69) is 6.07 Å². The first-order valence-corrected chi connectivity index (χ1v) is 12.6. The number of carboxylic acids is 1. The van der Waals surface area contributed by atoms with Crippen molar-refractivity contribution in [1.82, 2.24) is 4.57 Å². The van der Waals surface area contributed by atoms with Gasteiger partial charge in [-0.3, -0.25) is 14.4 Å². The first kappa shape index (κ1) is 30.1. The largest absolute Gasteiger partial charge is 0.495 e. The molecule has 0 bridgehead atoms. The second-order valence-electron chi connectivity index (χ2n) is 9.37. The number of carbonyl (C=O) groups excluding carboxylic acids is 2. The van der Waals surface area contributed by atoms with Crippen molar-refractivity contribution in [1.29, 1.82) is 5.26 Å². The van der Waals surface area contributed by atoms with Gasteiger partial charge in [0.2, 0.25) is 0 Å². The van der Waals surface area contributed by atoms with Crippen molar-refractivity contribution in [3.05, 3.63) is 86.8 Å². The average Bonchev–Trinajstić information content (AvgIpc) is 2.93. The van der Waals surface area contributed by atoms with Gasteiger partial charge in [-0.25, -0.2) is 4.79 Å². The van der Waals surface area contributed by atoms with Crippen LogP contribution in [-0.2, 0) is 20.7 Å². The normalized spacial score (nSPS) is 13.0. The zero-order valence-corrected chi connectivity index (χ0v) is 22.9. The highest BCUT2D eigenvalue weighted by molar-refractivity contribution is 6.31. The number of nitriles is 1. The van der Waals surface area contributed by atoms with Gasteiger partial charge in [-0.05, 0) is 49.2 Å². The van der Waals surface area contributed by atoms with Crippen LogP contribution in [0.4, 0.5) is 0 Å². The van der Waals surface area contributed by atoms with Crippen LogP contribution >= 0.6 is 11.6 Å². The maximum Gasteiger partial charge on any atom is 0.338 e. The van der Waals surface area contributed by atoms with Crippen LogP contribution in [-0.4, -0.2) is 46.7 Å². The Morgan fingerprint density at radius 3 is 2.40 bits per heavy atom. The number of ketones is 1. The molecule has 2 atom stereocenters. The molecule has 0 aliphatic carbocycles. The van der Waals surface area contributed by atoms with Crippen LogP contribution in [0.2, 0.25) is 5.02 Å². The summed E-state index contributed by atoms with van der Waals surface area (Å²) in [5, 5.41) is 18.9. The van der Waals surface area contributed by atoms with Gasteiger partial charge in [-0.15, -0.1) is 0 Å². The summed E-state index contributed by atoms with van der Waals surface area (Å²) in [6.45, 7) is 2.50. The Kier molecular flexibility index (Phi) is 9.47. The van der Waals surface area contributed by atoms with Crippen LogP contribution in [0.5, 0.6) is 5.75 Å². The van der Waals surface area contributed by atoms with E-state index in [-0.39, 0.29) is 17.8 Å². The number of halogens is 1. The van der Waals surface area contributed by atoms with Crippen molar-refractivity contribution in [2.75, 3.05) is 13.7 Å². The minimum absolute atomic E-state index is 0.0168. The number of nitrogens with zero attached hydrogens (tertiary/aromatic N) is 2. The van der Waals surface area contributed by atoms with E-state index in [1.54, 1.807) is 37.3 Å². The highest BCUT2D eigenvalue weighted by Gasteiger charge is 2.30. The molecule has 1 unspecified atom stereocenters. The molecule has 0 fully saturated rings. The van der Waals surface area contributed by atoms with E-state index in [0.29, 0.717) is 39.4 Å². The zero-order chi connectivity index (χ0) is 29.6. The maximum atomic E-state index is 13.3. The molecule has 0 saturated carbocycles. The molecule has 0 aliphatic rings. The molecule has 208 valence electrons. The first-order valence-electron chi connectivity index (χ1n) is 12.2. The molecule has 11 heteroatoms. The molecule has 3 rings (SSSR count). The van der Waals surface area contributed by atoms with Crippen molar-refractivity contribution in [2.24, 2.45) is 5.73 Å². The number of rotatable bonds is 11. The van der Waals surface area contributed by atoms with E-state index >= 15 is 0 Å². The topological polar surface area (TPSA) is 162 Å². The lowest BCUT2D eigenvalue weighted by atomic mass is 9.98. The number of aromatic nitrogens is 1. The SMILES string of the molecule is CCC(C(=O)Cc1ccc(C(=O)OC[C@](C)(N)C(=O)O)cc1)n1cc(OC)c(-c2cc(Cl)ccc2C#N)cc1=O. The smallest absolute Gasteiger partial charge is 0.338 e. The third-order valence-electron chi connectivity index (χ3n) is 6.31. The standard InChI is InChI=1S/C29H28ClN3O7/c1-4-23(24(34)11-17-5-7-18(8-6-17)27(36)40-16-29(2,32)28(37)38)33-15-25(39-3)22(13-26(33)35)21-12-20(30)10-9-19(21)14-31/h5-10,12-13,15,23H,4,11,16,32H2,1-3H3,(H,37,38)/t23?,29-/m0/s1. The van der Waals surface area contributed by atoms with Crippen LogP contribution in [0.25, 0.3) is 11.1 Å². The van der Waals surface area contributed by atoms with Gasteiger partial charge in [0, 0.05) is 28.6 Å². The van der Waals surface area contributed by atoms with Gasteiger partial charge in [0.05, 0.1) is 36.5 Å². The highest BCUT2D eigenvalue weighted by Crippen LogP contribution is 2.33. The van der Waals surface area contributed by atoms with E-state index in [1.165, 1.54) is 43.0 Å². The quantitative estimate of drug-likeness (QED) is 0.329. The molecule has 0 radical (unpaired) electrons. The van der Waals surface area contributed by atoms with Gasteiger partial charge in [0.15, 0.2) is 5.78 Å². The summed E-state index contributed by atoms with van der Waals surface area (Å²) < 4.78 is 11.8. The molecule has 0 aliphatic heterocycles. The van der Waals surface area contributed by atoms with Gasteiger partial charge in [0.25, 0.3) is 5.56 Å². The van der Waals surface area contributed by atoms with Crippen LogP contribution in [0, 0.1) is 11.3 Å². The third kappa shape index (κ3) is 6.75. The summed E-state index contributed by atoms with van der Waals surface area (Å²) in [6, 6.07) is 13.4. The monoisotopic (exact) mass is 565 g/mol.